The summed E-state index contributed by atoms with van der Waals surface area (Å²) in [6.45, 7) is 3.96. The summed E-state index contributed by atoms with van der Waals surface area (Å²) in [6, 6.07) is 17.4. The van der Waals surface area contributed by atoms with Crippen molar-refractivity contribution in [2.45, 2.75) is 24.3 Å². The molecule has 0 saturated heterocycles. The Balaban J connectivity index is 1.82. The molecule has 0 bridgehead atoms. The van der Waals surface area contributed by atoms with E-state index in [4.69, 9.17) is 0 Å². The minimum absolute atomic E-state index is 0.0982. The van der Waals surface area contributed by atoms with Gasteiger partial charge in [0.1, 0.15) is 0 Å². The molecule has 1 heterocycles. The second-order valence-electron chi connectivity index (χ2n) is 5.67. The first-order valence-corrected chi connectivity index (χ1v) is 8.67. The third kappa shape index (κ3) is 3.26. The Bertz CT molecular complexity index is 858. The number of hydrogen-bond donors (Lipinski definition) is 0. The van der Waals surface area contributed by atoms with E-state index in [1.165, 1.54) is 11.8 Å². The Hall–Kier alpha value is -2.40. The molecule has 122 valence electrons. The molecule has 3 aromatic rings. The zero-order chi connectivity index (χ0) is 17.1. The molecule has 0 fully saturated rings. The van der Waals surface area contributed by atoms with Crippen molar-refractivity contribution < 1.29 is 4.79 Å². The number of rotatable bonds is 5. The van der Waals surface area contributed by atoms with E-state index >= 15 is 0 Å². The number of nitrogens with zero attached hydrogens (tertiary/aromatic N) is 3. The normalized spacial score (nSPS) is 12.1. The first-order valence-electron chi connectivity index (χ1n) is 7.79. The summed E-state index contributed by atoms with van der Waals surface area (Å²) < 4.78 is 1.95. The summed E-state index contributed by atoms with van der Waals surface area (Å²) in [5.41, 5.74) is 2.93. The molecule has 0 N–H and O–H groups in total. The summed E-state index contributed by atoms with van der Waals surface area (Å²) in [5.74, 6) is 0.913. The SMILES string of the molecule is Cc1ccccc1-c1nnc(S[C@H](C)C(=O)c2ccccc2)n1C. The summed E-state index contributed by atoms with van der Waals surface area (Å²) in [6.07, 6.45) is 0. The van der Waals surface area contributed by atoms with Crippen molar-refractivity contribution in [2.24, 2.45) is 7.05 Å². The highest BCUT2D eigenvalue weighted by Crippen LogP contribution is 2.28. The number of hydrogen-bond acceptors (Lipinski definition) is 4. The van der Waals surface area contributed by atoms with Gasteiger partial charge in [-0.05, 0) is 19.4 Å². The number of ketones is 1. The Labute approximate surface area is 145 Å². The van der Waals surface area contributed by atoms with Crippen molar-refractivity contribution in [1.82, 2.24) is 14.8 Å². The van der Waals surface area contributed by atoms with E-state index < -0.39 is 0 Å². The summed E-state index contributed by atoms with van der Waals surface area (Å²) in [4.78, 5) is 12.5. The first-order chi connectivity index (χ1) is 11.6. The predicted octanol–water partition coefficient (Wildman–Crippen LogP) is 4.15. The molecule has 0 aliphatic carbocycles. The molecule has 24 heavy (non-hydrogen) atoms. The molecule has 0 aliphatic rings. The van der Waals surface area contributed by atoms with Crippen LogP contribution in [0.25, 0.3) is 11.4 Å². The molecule has 5 heteroatoms. The van der Waals surface area contributed by atoms with E-state index in [1.54, 1.807) is 0 Å². The van der Waals surface area contributed by atoms with Crippen molar-refractivity contribution in [3.05, 3.63) is 65.7 Å². The monoisotopic (exact) mass is 337 g/mol. The molecule has 4 nitrogen and oxygen atoms in total. The number of benzene rings is 2. The van der Waals surface area contributed by atoms with Crippen molar-refractivity contribution >= 4 is 17.5 Å². The van der Waals surface area contributed by atoms with E-state index in [1.807, 2.05) is 67.1 Å². The van der Waals surface area contributed by atoms with Gasteiger partial charge in [0.05, 0.1) is 5.25 Å². The summed E-state index contributed by atoms with van der Waals surface area (Å²) in [5, 5.41) is 9.10. The van der Waals surface area contributed by atoms with Gasteiger partial charge in [0.2, 0.25) is 0 Å². The molecular formula is C19H19N3OS. The van der Waals surface area contributed by atoms with Crippen molar-refractivity contribution in [2.75, 3.05) is 0 Å². The van der Waals surface area contributed by atoms with E-state index in [-0.39, 0.29) is 11.0 Å². The standard InChI is InChI=1S/C19H19N3OS/c1-13-9-7-8-12-16(13)18-20-21-19(22(18)3)24-14(2)17(23)15-10-5-4-6-11-15/h4-12,14H,1-3H3/t14-/m1/s1. The Kier molecular flexibility index (Phi) is 4.81. The first kappa shape index (κ1) is 16.5. The largest absolute Gasteiger partial charge is 0.305 e. The third-order valence-corrected chi connectivity index (χ3v) is 5.06. The Morgan fingerprint density at radius 3 is 2.42 bits per heavy atom. The molecule has 1 aromatic heterocycles. The van der Waals surface area contributed by atoms with Crippen molar-refractivity contribution in [3.8, 4) is 11.4 Å². The summed E-state index contributed by atoms with van der Waals surface area (Å²) >= 11 is 1.43. The highest BCUT2D eigenvalue weighted by Gasteiger charge is 2.20. The number of thioether (sulfide) groups is 1. The quantitative estimate of drug-likeness (QED) is 0.518. The minimum Gasteiger partial charge on any atom is -0.305 e. The van der Waals surface area contributed by atoms with Crippen molar-refractivity contribution in [1.29, 1.82) is 0 Å². The van der Waals surface area contributed by atoms with Crippen LogP contribution in [0.1, 0.15) is 22.8 Å². The lowest BCUT2D eigenvalue weighted by Crippen LogP contribution is -2.14. The van der Waals surface area contributed by atoms with Gasteiger partial charge in [-0.1, -0.05) is 66.4 Å². The maximum atomic E-state index is 12.5. The van der Waals surface area contributed by atoms with Crippen molar-refractivity contribution in [3.63, 3.8) is 0 Å². The zero-order valence-electron chi connectivity index (χ0n) is 13.9. The van der Waals surface area contributed by atoms with Gasteiger partial charge in [0.15, 0.2) is 16.8 Å². The molecule has 0 saturated carbocycles. The zero-order valence-corrected chi connectivity index (χ0v) is 14.7. The molecule has 0 radical (unpaired) electrons. The van der Waals surface area contributed by atoms with Crippen LogP contribution in [0.3, 0.4) is 0 Å². The lowest BCUT2D eigenvalue weighted by Gasteiger charge is -2.10. The second-order valence-corrected chi connectivity index (χ2v) is 6.98. The number of Topliss-reactive ketones (excluding diaryl/α,β-unsaturated/α-hetero) is 1. The van der Waals surface area contributed by atoms with Gasteiger partial charge in [-0.2, -0.15) is 0 Å². The lowest BCUT2D eigenvalue weighted by molar-refractivity contribution is 0.0994. The number of aryl methyl sites for hydroxylation is 1. The van der Waals surface area contributed by atoms with Gasteiger partial charge in [-0.15, -0.1) is 10.2 Å². The minimum atomic E-state index is -0.222. The Morgan fingerprint density at radius 1 is 1.04 bits per heavy atom. The number of carbonyl (C=O) groups excluding carboxylic acids is 1. The predicted molar refractivity (Wildman–Crippen MR) is 97.3 cm³/mol. The molecule has 2 aromatic carbocycles. The van der Waals surface area contributed by atoms with Gasteiger partial charge in [-0.3, -0.25) is 4.79 Å². The van der Waals surface area contributed by atoms with E-state index in [9.17, 15) is 4.79 Å². The van der Waals surface area contributed by atoms with Gasteiger partial charge in [-0.25, -0.2) is 0 Å². The van der Waals surface area contributed by atoms with Crippen LogP contribution in [0, 0.1) is 6.92 Å². The van der Waals surface area contributed by atoms with Gasteiger partial charge in [0.25, 0.3) is 0 Å². The highest BCUT2D eigenvalue weighted by atomic mass is 32.2. The van der Waals surface area contributed by atoms with Gasteiger partial charge >= 0.3 is 0 Å². The fraction of sp³-hybridized carbons (Fsp3) is 0.211. The lowest BCUT2D eigenvalue weighted by atomic mass is 10.1. The molecule has 0 aliphatic heterocycles. The van der Waals surface area contributed by atoms with Crippen LogP contribution in [-0.2, 0) is 7.05 Å². The topological polar surface area (TPSA) is 47.8 Å². The van der Waals surface area contributed by atoms with Crippen LogP contribution in [0.2, 0.25) is 0 Å². The number of aromatic nitrogens is 3. The molecule has 0 amide bonds. The average molecular weight is 337 g/mol. The molecular weight excluding hydrogens is 318 g/mol. The highest BCUT2D eigenvalue weighted by molar-refractivity contribution is 8.00. The molecule has 0 unspecified atom stereocenters. The van der Waals surface area contributed by atoms with Gasteiger partial charge < -0.3 is 4.57 Å². The fourth-order valence-corrected chi connectivity index (χ4v) is 3.42. The second kappa shape index (κ2) is 7.01. The van der Waals surface area contributed by atoms with Crippen LogP contribution in [0.4, 0.5) is 0 Å². The smallest absolute Gasteiger partial charge is 0.191 e. The number of carbonyl (C=O) groups is 1. The fourth-order valence-electron chi connectivity index (χ4n) is 2.52. The van der Waals surface area contributed by atoms with Crippen LogP contribution < -0.4 is 0 Å². The van der Waals surface area contributed by atoms with Gasteiger partial charge in [0, 0.05) is 18.2 Å². The van der Waals surface area contributed by atoms with E-state index in [2.05, 4.69) is 23.2 Å². The summed E-state index contributed by atoms with van der Waals surface area (Å²) in [7, 11) is 1.93. The molecule has 0 spiro atoms. The van der Waals surface area contributed by atoms with E-state index in [0.717, 1.165) is 27.7 Å². The van der Waals surface area contributed by atoms with Crippen LogP contribution in [-0.4, -0.2) is 25.8 Å². The maximum Gasteiger partial charge on any atom is 0.191 e. The molecule has 3 rings (SSSR count). The Morgan fingerprint density at radius 2 is 1.71 bits per heavy atom. The van der Waals surface area contributed by atoms with Crippen LogP contribution >= 0.6 is 11.8 Å². The molecule has 1 atom stereocenters. The van der Waals surface area contributed by atoms with Crippen LogP contribution in [0.15, 0.2) is 59.8 Å². The maximum absolute atomic E-state index is 12.5. The van der Waals surface area contributed by atoms with Crippen LogP contribution in [0.5, 0.6) is 0 Å². The third-order valence-electron chi connectivity index (χ3n) is 3.93. The van der Waals surface area contributed by atoms with E-state index in [0.29, 0.717) is 0 Å². The average Bonchev–Trinajstić information content (AvgIpc) is 2.96.